The van der Waals surface area contributed by atoms with Crippen LogP contribution >= 0.6 is 23.2 Å². The molecular weight excluding hydrogens is 411 g/mol. The molecule has 0 aliphatic heterocycles. The minimum Gasteiger partial charge on any atom is -0.507 e. The number of hydrogen-bond acceptors (Lipinski definition) is 6. The van der Waals surface area contributed by atoms with E-state index in [1.54, 1.807) is 12.1 Å². The number of carbonyl (C=O) groups is 1. The summed E-state index contributed by atoms with van der Waals surface area (Å²) >= 11 is 12.2. The number of halogens is 2. The van der Waals surface area contributed by atoms with Crippen molar-refractivity contribution < 1.29 is 24.3 Å². The quantitative estimate of drug-likeness (QED) is 0.406. The molecule has 0 atom stereocenters. The van der Waals surface area contributed by atoms with Crippen LogP contribution in [0.2, 0.25) is 10.0 Å². The SMILES string of the molecule is O=C(Nc1ccc([N+](=O)[O-])cc1Cl)c1cc(Cl)c(-c2ccc(CO)o2)cc1O. The molecule has 0 unspecified atom stereocenters. The van der Waals surface area contributed by atoms with Crippen molar-refractivity contribution in [2.75, 3.05) is 5.32 Å². The Bertz CT molecular complexity index is 1080. The van der Waals surface area contributed by atoms with Crippen LogP contribution in [-0.2, 0) is 6.61 Å². The molecule has 1 aromatic heterocycles. The third-order valence-corrected chi connectivity index (χ3v) is 4.45. The van der Waals surface area contributed by atoms with E-state index in [1.165, 1.54) is 24.3 Å². The Labute approximate surface area is 168 Å². The van der Waals surface area contributed by atoms with E-state index >= 15 is 0 Å². The molecule has 0 aliphatic rings. The molecule has 3 aromatic rings. The number of nitro groups is 1. The van der Waals surface area contributed by atoms with Crippen molar-refractivity contribution >= 4 is 40.5 Å². The van der Waals surface area contributed by atoms with E-state index in [4.69, 9.17) is 32.7 Å². The summed E-state index contributed by atoms with van der Waals surface area (Å²) in [4.78, 5) is 22.6. The van der Waals surface area contributed by atoms with E-state index in [0.717, 1.165) is 6.07 Å². The van der Waals surface area contributed by atoms with Gasteiger partial charge in [0.25, 0.3) is 11.6 Å². The molecule has 0 fully saturated rings. The van der Waals surface area contributed by atoms with E-state index in [2.05, 4.69) is 5.32 Å². The first-order chi connectivity index (χ1) is 13.3. The largest absolute Gasteiger partial charge is 0.507 e. The predicted octanol–water partition coefficient (Wildman–Crippen LogP) is 4.61. The lowest BCUT2D eigenvalue weighted by Crippen LogP contribution is -2.12. The van der Waals surface area contributed by atoms with Crippen molar-refractivity contribution in [3.8, 4) is 17.1 Å². The highest BCUT2D eigenvalue weighted by molar-refractivity contribution is 6.35. The Morgan fingerprint density at radius 3 is 2.50 bits per heavy atom. The number of furan rings is 1. The fourth-order valence-corrected chi connectivity index (χ4v) is 2.93. The van der Waals surface area contributed by atoms with Crippen LogP contribution in [0, 0.1) is 10.1 Å². The van der Waals surface area contributed by atoms with Gasteiger partial charge in [-0.2, -0.15) is 0 Å². The molecular formula is C18H12Cl2N2O6. The highest BCUT2D eigenvalue weighted by Crippen LogP contribution is 2.35. The highest BCUT2D eigenvalue weighted by atomic mass is 35.5. The van der Waals surface area contributed by atoms with Crippen LogP contribution < -0.4 is 5.32 Å². The zero-order valence-corrected chi connectivity index (χ0v) is 15.5. The third-order valence-electron chi connectivity index (χ3n) is 3.82. The zero-order chi connectivity index (χ0) is 20.4. The molecule has 3 rings (SSSR count). The van der Waals surface area contributed by atoms with Gasteiger partial charge in [0.15, 0.2) is 0 Å². The summed E-state index contributed by atoms with van der Waals surface area (Å²) in [5.74, 6) is -0.441. The molecule has 28 heavy (non-hydrogen) atoms. The summed E-state index contributed by atoms with van der Waals surface area (Å²) < 4.78 is 5.38. The summed E-state index contributed by atoms with van der Waals surface area (Å²) in [7, 11) is 0. The average Bonchev–Trinajstić information content (AvgIpc) is 3.13. The molecule has 0 bridgehead atoms. The van der Waals surface area contributed by atoms with Gasteiger partial charge in [0, 0.05) is 17.7 Å². The molecule has 0 radical (unpaired) electrons. The number of hydrogen-bond donors (Lipinski definition) is 3. The number of carbonyl (C=O) groups excluding carboxylic acids is 1. The van der Waals surface area contributed by atoms with E-state index in [0.29, 0.717) is 17.1 Å². The Morgan fingerprint density at radius 2 is 1.89 bits per heavy atom. The lowest BCUT2D eigenvalue weighted by molar-refractivity contribution is -0.384. The van der Waals surface area contributed by atoms with Gasteiger partial charge in [0.05, 0.1) is 26.2 Å². The summed E-state index contributed by atoms with van der Waals surface area (Å²) in [6.45, 7) is -0.292. The number of nitrogens with zero attached hydrogens (tertiary/aromatic N) is 1. The van der Waals surface area contributed by atoms with Crippen molar-refractivity contribution in [2.45, 2.75) is 6.61 Å². The monoisotopic (exact) mass is 422 g/mol. The Kier molecular flexibility index (Phi) is 5.55. The second-order valence-electron chi connectivity index (χ2n) is 5.65. The summed E-state index contributed by atoms with van der Waals surface area (Å²) in [5.41, 5.74) is 0.121. The van der Waals surface area contributed by atoms with Gasteiger partial charge in [-0.1, -0.05) is 23.2 Å². The number of phenols is 1. The number of non-ortho nitro benzene ring substituents is 1. The first kappa shape index (κ1) is 19.7. The predicted molar refractivity (Wildman–Crippen MR) is 103 cm³/mol. The first-order valence-electron chi connectivity index (χ1n) is 7.78. The molecule has 0 aliphatic carbocycles. The number of aliphatic hydroxyl groups excluding tert-OH is 1. The highest BCUT2D eigenvalue weighted by Gasteiger charge is 2.19. The van der Waals surface area contributed by atoms with Crippen LogP contribution in [0.1, 0.15) is 16.1 Å². The van der Waals surface area contributed by atoms with Gasteiger partial charge in [-0.3, -0.25) is 14.9 Å². The number of amides is 1. The molecule has 8 nitrogen and oxygen atoms in total. The lowest BCUT2D eigenvalue weighted by atomic mass is 10.1. The number of rotatable bonds is 5. The topological polar surface area (TPSA) is 126 Å². The number of phenolic OH excluding ortho intramolecular Hbond substituents is 1. The van der Waals surface area contributed by atoms with Crippen molar-refractivity contribution in [3.05, 3.63) is 73.9 Å². The number of aromatic hydroxyl groups is 1. The van der Waals surface area contributed by atoms with Crippen LogP contribution in [0.25, 0.3) is 11.3 Å². The van der Waals surface area contributed by atoms with Crippen LogP contribution in [0.15, 0.2) is 46.9 Å². The smallest absolute Gasteiger partial charge is 0.271 e. The van der Waals surface area contributed by atoms with Crippen LogP contribution in [0.3, 0.4) is 0 Å². The summed E-state index contributed by atoms with van der Waals surface area (Å²) in [6.07, 6.45) is 0. The molecule has 1 amide bonds. The minimum absolute atomic E-state index is 0.0307. The molecule has 10 heteroatoms. The van der Waals surface area contributed by atoms with E-state index < -0.39 is 10.8 Å². The van der Waals surface area contributed by atoms with E-state index in [-0.39, 0.29) is 39.3 Å². The van der Waals surface area contributed by atoms with Crippen molar-refractivity contribution in [3.63, 3.8) is 0 Å². The fraction of sp³-hybridized carbons (Fsp3) is 0.0556. The maximum Gasteiger partial charge on any atom is 0.271 e. The molecule has 2 aromatic carbocycles. The van der Waals surface area contributed by atoms with Gasteiger partial charge in [-0.15, -0.1) is 0 Å². The minimum atomic E-state index is -0.711. The average molecular weight is 423 g/mol. The maximum absolute atomic E-state index is 12.5. The van der Waals surface area contributed by atoms with E-state index in [1.807, 2.05) is 0 Å². The number of nitrogens with one attached hydrogen (secondary N) is 1. The third kappa shape index (κ3) is 3.94. The van der Waals surface area contributed by atoms with Crippen molar-refractivity contribution in [1.29, 1.82) is 0 Å². The summed E-state index contributed by atoms with van der Waals surface area (Å²) in [5, 5.41) is 32.6. The lowest BCUT2D eigenvalue weighted by Gasteiger charge is -2.10. The zero-order valence-electron chi connectivity index (χ0n) is 14.0. The first-order valence-corrected chi connectivity index (χ1v) is 8.53. The van der Waals surface area contributed by atoms with Gasteiger partial charge in [-0.25, -0.2) is 0 Å². The molecule has 3 N–H and O–H groups in total. The Hall–Kier alpha value is -3.07. The van der Waals surface area contributed by atoms with Crippen LogP contribution in [0.5, 0.6) is 5.75 Å². The van der Waals surface area contributed by atoms with Gasteiger partial charge >= 0.3 is 0 Å². The van der Waals surface area contributed by atoms with Gasteiger partial charge < -0.3 is 19.9 Å². The fourth-order valence-electron chi connectivity index (χ4n) is 2.45. The van der Waals surface area contributed by atoms with Crippen molar-refractivity contribution in [2.24, 2.45) is 0 Å². The second kappa shape index (κ2) is 7.89. The standard InChI is InChI=1S/C18H12Cl2N2O6/c19-13-6-12(16(24)7-11(13)17-4-2-10(8-23)28-17)18(25)21-15-3-1-9(22(26)27)5-14(15)20/h1-7,23-24H,8H2,(H,21,25). The van der Waals surface area contributed by atoms with Gasteiger partial charge in [-0.05, 0) is 30.3 Å². The molecule has 0 saturated heterocycles. The normalized spacial score (nSPS) is 10.7. The molecule has 0 spiro atoms. The maximum atomic E-state index is 12.5. The molecule has 1 heterocycles. The number of anilines is 1. The molecule has 144 valence electrons. The van der Waals surface area contributed by atoms with Gasteiger partial charge in [0.1, 0.15) is 23.9 Å². The number of benzene rings is 2. The Balaban J connectivity index is 1.88. The van der Waals surface area contributed by atoms with Gasteiger partial charge in [0.2, 0.25) is 0 Å². The Morgan fingerprint density at radius 1 is 1.14 bits per heavy atom. The molecule has 0 saturated carbocycles. The number of aliphatic hydroxyl groups is 1. The second-order valence-corrected chi connectivity index (χ2v) is 6.46. The van der Waals surface area contributed by atoms with Crippen molar-refractivity contribution in [1.82, 2.24) is 0 Å². The number of nitro benzene ring substituents is 1. The van der Waals surface area contributed by atoms with Crippen LogP contribution in [0.4, 0.5) is 11.4 Å². The summed E-state index contributed by atoms with van der Waals surface area (Å²) in [6, 6.07) is 9.21. The van der Waals surface area contributed by atoms with E-state index in [9.17, 15) is 20.0 Å². The van der Waals surface area contributed by atoms with Crippen LogP contribution in [-0.4, -0.2) is 21.0 Å².